The van der Waals surface area contributed by atoms with Crippen LogP contribution in [0.25, 0.3) is 5.76 Å². The van der Waals surface area contributed by atoms with Gasteiger partial charge < -0.3 is 19.6 Å². The third-order valence-electron chi connectivity index (χ3n) is 7.14. The largest absolute Gasteiger partial charge is 0.507 e. The lowest BCUT2D eigenvalue weighted by Gasteiger charge is -2.27. The van der Waals surface area contributed by atoms with Gasteiger partial charge in [0.25, 0.3) is 11.7 Å². The Morgan fingerprint density at radius 3 is 2.03 bits per heavy atom. The van der Waals surface area contributed by atoms with Crippen molar-refractivity contribution in [3.8, 4) is 5.75 Å². The molecule has 37 heavy (non-hydrogen) atoms. The maximum absolute atomic E-state index is 13.3. The summed E-state index contributed by atoms with van der Waals surface area (Å²) in [6.07, 6.45) is 6.27. The van der Waals surface area contributed by atoms with Crippen LogP contribution in [0.2, 0.25) is 0 Å². The molecule has 0 radical (unpaired) electrons. The highest BCUT2D eigenvalue weighted by atomic mass is 16.5. The van der Waals surface area contributed by atoms with Crippen molar-refractivity contribution in [2.75, 3.05) is 33.3 Å². The molecule has 2 aromatic rings. The van der Waals surface area contributed by atoms with Gasteiger partial charge in [-0.3, -0.25) is 9.59 Å². The fourth-order valence-corrected chi connectivity index (χ4v) is 4.86. The Labute approximate surface area is 221 Å². The number of unbranched alkanes of at least 4 members (excludes halogenated alkanes) is 2. The van der Waals surface area contributed by atoms with Crippen LogP contribution >= 0.6 is 0 Å². The molecule has 0 bridgehead atoms. The summed E-state index contributed by atoms with van der Waals surface area (Å²) < 4.78 is 5.22. The van der Waals surface area contributed by atoms with E-state index in [9.17, 15) is 14.7 Å². The topological polar surface area (TPSA) is 70.1 Å². The maximum Gasteiger partial charge on any atom is 0.295 e. The average Bonchev–Trinajstić information content (AvgIpc) is 3.18. The quantitative estimate of drug-likeness (QED) is 0.194. The second-order valence-corrected chi connectivity index (χ2v) is 9.72. The lowest BCUT2D eigenvalue weighted by Crippen LogP contribution is -2.34. The van der Waals surface area contributed by atoms with Crippen LogP contribution in [-0.4, -0.2) is 59.9 Å². The lowest BCUT2D eigenvalue weighted by molar-refractivity contribution is -0.140. The van der Waals surface area contributed by atoms with Crippen molar-refractivity contribution < 1.29 is 19.4 Å². The van der Waals surface area contributed by atoms with Crippen molar-refractivity contribution in [3.05, 3.63) is 70.8 Å². The Morgan fingerprint density at radius 2 is 1.49 bits per heavy atom. The van der Waals surface area contributed by atoms with Crippen molar-refractivity contribution in [1.82, 2.24) is 9.80 Å². The summed E-state index contributed by atoms with van der Waals surface area (Å²) >= 11 is 0. The highest BCUT2D eigenvalue weighted by Gasteiger charge is 2.45. The van der Waals surface area contributed by atoms with Gasteiger partial charge >= 0.3 is 0 Å². The van der Waals surface area contributed by atoms with Crippen LogP contribution in [0.1, 0.15) is 75.6 Å². The number of nitrogens with zero attached hydrogens (tertiary/aromatic N) is 2. The van der Waals surface area contributed by atoms with Gasteiger partial charge in [0, 0.05) is 12.1 Å². The number of aliphatic hydroxyl groups is 1. The number of aliphatic hydroxyl groups excluding tert-OH is 1. The van der Waals surface area contributed by atoms with Crippen LogP contribution in [0, 0.1) is 0 Å². The molecule has 1 amide bonds. The van der Waals surface area contributed by atoms with Gasteiger partial charge in [0.1, 0.15) is 11.5 Å². The zero-order valence-corrected chi connectivity index (χ0v) is 22.8. The van der Waals surface area contributed by atoms with Gasteiger partial charge in [-0.25, -0.2) is 0 Å². The zero-order valence-electron chi connectivity index (χ0n) is 22.8. The smallest absolute Gasteiger partial charge is 0.295 e. The monoisotopic (exact) mass is 506 g/mol. The molecule has 1 saturated heterocycles. The van der Waals surface area contributed by atoms with Gasteiger partial charge in [0.15, 0.2) is 0 Å². The van der Waals surface area contributed by atoms with Crippen LogP contribution in [0.4, 0.5) is 0 Å². The number of carbonyl (C=O) groups excluding carboxylic acids is 2. The fraction of sp³-hybridized carbons (Fsp3) is 0.484. The second-order valence-electron chi connectivity index (χ2n) is 9.72. The molecule has 1 heterocycles. The lowest BCUT2D eigenvalue weighted by atomic mass is 9.94. The Bertz CT molecular complexity index is 1050. The predicted octanol–water partition coefficient (Wildman–Crippen LogP) is 5.97. The van der Waals surface area contributed by atoms with Gasteiger partial charge in [0.2, 0.25) is 0 Å². The summed E-state index contributed by atoms with van der Waals surface area (Å²) in [4.78, 5) is 30.7. The Balaban J connectivity index is 1.92. The Hall–Kier alpha value is -3.12. The van der Waals surface area contributed by atoms with Crippen molar-refractivity contribution in [1.29, 1.82) is 0 Å². The molecule has 6 nitrogen and oxygen atoms in total. The molecule has 1 N–H and O–H groups in total. The maximum atomic E-state index is 13.3. The number of rotatable bonds is 14. The summed E-state index contributed by atoms with van der Waals surface area (Å²) in [6, 6.07) is 14.3. The van der Waals surface area contributed by atoms with E-state index in [2.05, 4.69) is 25.7 Å². The van der Waals surface area contributed by atoms with E-state index in [1.54, 1.807) is 36.3 Å². The minimum atomic E-state index is -0.633. The molecule has 0 aromatic heterocycles. The van der Waals surface area contributed by atoms with Crippen LogP contribution in [0.5, 0.6) is 5.75 Å². The number of ketones is 1. The van der Waals surface area contributed by atoms with E-state index in [0.717, 1.165) is 63.7 Å². The van der Waals surface area contributed by atoms with E-state index in [1.807, 2.05) is 24.3 Å². The van der Waals surface area contributed by atoms with Crippen molar-refractivity contribution >= 4 is 17.4 Å². The summed E-state index contributed by atoms with van der Waals surface area (Å²) in [5.41, 5.74) is 2.64. The number of benzene rings is 2. The van der Waals surface area contributed by atoms with E-state index >= 15 is 0 Å². The number of likely N-dealkylation sites (tertiary alicyclic amines) is 1. The van der Waals surface area contributed by atoms with Gasteiger partial charge in [-0.1, -0.05) is 57.9 Å². The highest BCUT2D eigenvalue weighted by Crippen LogP contribution is 2.39. The molecule has 0 spiro atoms. The van der Waals surface area contributed by atoms with Crippen LogP contribution in [0.15, 0.2) is 54.1 Å². The average molecular weight is 507 g/mol. The molecule has 2 aromatic carbocycles. The Morgan fingerprint density at radius 1 is 0.892 bits per heavy atom. The number of hydrogen-bond acceptors (Lipinski definition) is 5. The first-order chi connectivity index (χ1) is 17.9. The van der Waals surface area contributed by atoms with Crippen LogP contribution < -0.4 is 4.74 Å². The van der Waals surface area contributed by atoms with E-state index < -0.39 is 17.7 Å². The number of amides is 1. The van der Waals surface area contributed by atoms with E-state index in [4.69, 9.17) is 4.74 Å². The molecule has 1 fully saturated rings. The number of methoxy groups -OCH3 is 1. The molecule has 0 saturated carbocycles. The number of Topliss-reactive ketones (excluding diaryl/α,β-unsaturated/α-hetero) is 1. The van der Waals surface area contributed by atoms with Crippen molar-refractivity contribution in [3.63, 3.8) is 0 Å². The van der Waals surface area contributed by atoms with Crippen LogP contribution in [-0.2, 0) is 16.0 Å². The van der Waals surface area contributed by atoms with Gasteiger partial charge in [-0.05, 0) is 80.7 Å². The van der Waals surface area contributed by atoms with Crippen LogP contribution in [0.3, 0.4) is 0 Å². The third-order valence-corrected chi connectivity index (χ3v) is 7.14. The number of hydrogen-bond donors (Lipinski definition) is 1. The highest BCUT2D eigenvalue weighted by molar-refractivity contribution is 6.46. The first-order valence-electron chi connectivity index (χ1n) is 13.7. The molecular weight excluding hydrogens is 464 g/mol. The zero-order chi connectivity index (χ0) is 26.8. The second kappa shape index (κ2) is 14.0. The van der Waals surface area contributed by atoms with E-state index in [1.165, 1.54) is 5.56 Å². The Kier molecular flexibility index (Phi) is 10.8. The molecule has 200 valence electrons. The standard InChI is InChI=1S/C31H42N2O4/c1-5-8-19-32(20-9-6-2)21-10-22-33-28(24-13-11-23(7-3)12-14-24)27(30(35)31(33)36)29(34)25-15-17-26(37-4)18-16-25/h11-18,28,34H,5-10,19-22H2,1-4H3/t28-/m1/s1. The number of ether oxygens (including phenoxy) is 1. The molecule has 0 aliphatic carbocycles. The first-order valence-corrected chi connectivity index (χ1v) is 13.7. The fourth-order valence-electron chi connectivity index (χ4n) is 4.86. The molecular formula is C31H42N2O4. The molecule has 1 atom stereocenters. The molecule has 3 rings (SSSR count). The minimum Gasteiger partial charge on any atom is -0.507 e. The van der Waals surface area contributed by atoms with Gasteiger partial charge in [0.05, 0.1) is 18.7 Å². The SMILES string of the molecule is CCCCN(CCCC)CCCN1C(=O)C(=O)C(=C(O)c2ccc(OC)cc2)[C@H]1c1ccc(CC)cc1. The van der Waals surface area contributed by atoms with Crippen molar-refractivity contribution in [2.45, 2.75) is 65.3 Å². The number of aryl methyl sites for hydroxylation is 1. The van der Waals surface area contributed by atoms with E-state index in [-0.39, 0.29) is 11.3 Å². The summed E-state index contributed by atoms with van der Waals surface area (Å²) in [5, 5.41) is 11.3. The van der Waals surface area contributed by atoms with E-state index in [0.29, 0.717) is 17.9 Å². The molecule has 6 heteroatoms. The van der Waals surface area contributed by atoms with Crippen molar-refractivity contribution in [2.24, 2.45) is 0 Å². The minimum absolute atomic E-state index is 0.147. The predicted molar refractivity (Wildman–Crippen MR) is 149 cm³/mol. The van der Waals surface area contributed by atoms with Gasteiger partial charge in [-0.15, -0.1) is 0 Å². The number of carbonyl (C=O) groups is 2. The van der Waals surface area contributed by atoms with Gasteiger partial charge in [-0.2, -0.15) is 0 Å². The third kappa shape index (κ3) is 7.01. The summed E-state index contributed by atoms with van der Waals surface area (Å²) in [7, 11) is 1.58. The molecule has 1 aliphatic heterocycles. The first kappa shape index (κ1) is 28.5. The normalized spacial score (nSPS) is 17.1. The summed E-state index contributed by atoms with van der Waals surface area (Å²) in [5.74, 6) is -0.681. The summed E-state index contributed by atoms with van der Waals surface area (Å²) in [6.45, 7) is 9.92. The molecule has 0 unspecified atom stereocenters. The molecule has 1 aliphatic rings.